The number of amides is 2. The van der Waals surface area contributed by atoms with E-state index in [0.717, 1.165) is 34.8 Å². The molecule has 1 N–H and O–H groups in total. The number of hydrogen-bond donors (Lipinski definition) is 1. The Bertz CT molecular complexity index is 1190. The first-order valence-corrected chi connectivity index (χ1v) is 11.5. The zero-order valence-electron chi connectivity index (χ0n) is 19.4. The van der Waals surface area contributed by atoms with Gasteiger partial charge in [0.2, 0.25) is 0 Å². The van der Waals surface area contributed by atoms with Crippen LogP contribution in [-0.4, -0.2) is 47.1 Å². The van der Waals surface area contributed by atoms with Gasteiger partial charge < -0.3 is 15.1 Å². The number of nitrogens with zero attached hydrogens (tertiary/aromatic N) is 4. The first-order chi connectivity index (χ1) is 16.6. The number of nitrogens with one attached hydrogen (secondary N) is 1. The van der Waals surface area contributed by atoms with E-state index in [1.807, 2.05) is 38.1 Å². The number of urea groups is 1. The molecular formula is C25H25ClF3N5O. The highest BCUT2D eigenvalue weighted by atomic mass is 35.5. The molecule has 2 heterocycles. The summed E-state index contributed by atoms with van der Waals surface area (Å²) in [6.07, 6.45) is -3.75. The molecule has 2 aromatic carbocycles. The number of anilines is 2. The molecule has 3 aromatic rings. The third kappa shape index (κ3) is 6.03. The Kier molecular flexibility index (Phi) is 7.16. The molecule has 0 unspecified atom stereocenters. The smallest absolute Gasteiger partial charge is 0.353 e. The second-order valence-corrected chi connectivity index (χ2v) is 8.88. The Morgan fingerprint density at radius 2 is 1.60 bits per heavy atom. The van der Waals surface area contributed by atoms with Gasteiger partial charge in [-0.05, 0) is 55.8 Å². The van der Waals surface area contributed by atoms with Crippen molar-refractivity contribution < 1.29 is 18.0 Å². The topological polar surface area (TPSA) is 61.4 Å². The normalized spacial score (nSPS) is 14.2. The van der Waals surface area contributed by atoms with Gasteiger partial charge in [-0.3, -0.25) is 0 Å². The van der Waals surface area contributed by atoms with Crippen LogP contribution >= 0.6 is 11.6 Å². The average Bonchev–Trinajstić information content (AvgIpc) is 2.82. The van der Waals surface area contributed by atoms with E-state index in [0.29, 0.717) is 49.1 Å². The van der Waals surface area contributed by atoms with Gasteiger partial charge in [0.1, 0.15) is 11.6 Å². The monoisotopic (exact) mass is 503 g/mol. The summed E-state index contributed by atoms with van der Waals surface area (Å²) in [7, 11) is 0. The zero-order valence-corrected chi connectivity index (χ0v) is 20.1. The standard InChI is InChI=1S/C25H25ClF3N5O/c1-16-22(15-18-3-7-20(26)8-4-18)23(31-17(2)30-16)33-11-13-34(14-12-33)24(35)32-21-9-5-19(6-10-21)25(27,28)29/h3-10H,11-15H2,1-2H3,(H,32,35). The van der Waals surface area contributed by atoms with Crippen LogP contribution in [0.1, 0.15) is 28.2 Å². The van der Waals surface area contributed by atoms with Gasteiger partial charge in [-0.2, -0.15) is 13.2 Å². The molecule has 0 radical (unpaired) electrons. The van der Waals surface area contributed by atoms with Gasteiger partial charge in [-0.15, -0.1) is 0 Å². The fraction of sp³-hybridized carbons (Fsp3) is 0.320. The summed E-state index contributed by atoms with van der Waals surface area (Å²) in [5.41, 5.74) is 2.60. The number of hydrogen-bond acceptors (Lipinski definition) is 4. The number of carbonyl (C=O) groups excluding carboxylic acids is 1. The SMILES string of the molecule is Cc1nc(C)c(Cc2ccc(Cl)cc2)c(N2CCN(C(=O)Nc3ccc(C(F)(F)F)cc3)CC2)n1. The molecule has 0 spiro atoms. The third-order valence-electron chi connectivity index (χ3n) is 5.93. The van der Waals surface area contributed by atoms with E-state index in [4.69, 9.17) is 16.6 Å². The van der Waals surface area contributed by atoms with Gasteiger partial charge in [0.25, 0.3) is 0 Å². The molecule has 0 aliphatic carbocycles. The summed E-state index contributed by atoms with van der Waals surface area (Å²) in [6.45, 7) is 5.88. The maximum absolute atomic E-state index is 12.8. The second kappa shape index (κ2) is 10.1. The quantitative estimate of drug-likeness (QED) is 0.495. The number of benzene rings is 2. The summed E-state index contributed by atoms with van der Waals surface area (Å²) >= 11 is 6.02. The maximum Gasteiger partial charge on any atom is 0.416 e. The summed E-state index contributed by atoms with van der Waals surface area (Å²) in [4.78, 5) is 25.7. The van der Waals surface area contributed by atoms with Crippen molar-refractivity contribution in [3.8, 4) is 0 Å². The summed E-state index contributed by atoms with van der Waals surface area (Å²) in [5.74, 6) is 1.53. The highest BCUT2D eigenvalue weighted by Gasteiger charge is 2.30. The predicted molar refractivity (Wildman–Crippen MR) is 130 cm³/mol. The van der Waals surface area contributed by atoms with Crippen LogP contribution in [0.4, 0.5) is 29.5 Å². The van der Waals surface area contributed by atoms with E-state index in [1.54, 1.807) is 4.90 Å². The zero-order chi connectivity index (χ0) is 25.2. The van der Waals surface area contributed by atoms with E-state index in [1.165, 1.54) is 12.1 Å². The molecule has 184 valence electrons. The molecule has 2 amide bonds. The number of piperazine rings is 1. The van der Waals surface area contributed by atoms with Crippen molar-refractivity contribution in [1.82, 2.24) is 14.9 Å². The number of carbonyl (C=O) groups is 1. The Morgan fingerprint density at radius 1 is 0.971 bits per heavy atom. The Balaban J connectivity index is 1.42. The van der Waals surface area contributed by atoms with Gasteiger partial charge in [-0.1, -0.05) is 23.7 Å². The molecule has 1 aliphatic heterocycles. The molecule has 1 saturated heterocycles. The largest absolute Gasteiger partial charge is 0.416 e. The van der Waals surface area contributed by atoms with Gasteiger partial charge in [0.15, 0.2) is 0 Å². The highest BCUT2D eigenvalue weighted by Crippen LogP contribution is 2.30. The number of alkyl halides is 3. The molecule has 0 atom stereocenters. The van der Waals surface area contributed by atoms with E-state index < -0.39 is 11.7 Å². The van der Waals surface area contributed by atoms with Crippen LogP contribution in [0.3, 0.4) is 0 Å². The van der Waals surface area contributed by atoms with Gasteiger partial charge in [0, 0.05) is 54.6 Å². The average molecular weight is 504 g/mol. The van der Waals surface area contributed by atoms with Gasteiger partial charge in [-0.25, -0.2) is 14.8 Å². The maximum atomic E-state index is 12.8. The molecular weight excluding hydrogens is 479 g/mol. The summed E-state index contributed by atoms with van der Waals surface area (Å²) < 4.78 is 38.3. The van der Waals surface area contributed by atoms with Crippen LogP contribution in [0.5, 0.6) is 0 Å². The lowest BCUT2D eigenvalue weighted by atomic mass is 10.0. The predicted octanol–water partition coefficient (Wildman–Crippen LogP) is 5.71. The first kappa shape index (κ1) is 24.8. The van der Waals surface area contributed by atoms with Gasteiger partial charge >= 0.3 is 12.2 Å². The van der Waals surface area contributed by atoms with Crippen LogP contribution in [0.15, 0.2) is 48.5 Å². The minimum atomic E-state index is -4.41. The molecule has 1 fully saturated rings. The van der Waals surface area contributed by atoms with Crippen molar-refractivity contribution in [2.24, 2.45) is 0 Å². The Morgan fingerprint density at radius 3 is 2.20 bits per heavy atom. The molecule has 1 aliphatic rings. The summed E-state index contributed by atoms with van der Waals surface area (Å²) in [6, 6.07) is 11.7. The molecule has 1 aromatic heterocycles. The number of aryl methyl sites for hydroxylation is 2. The molecule has 10 heteroatoms. The molecule has 4 rings (SSSR count). The van der Waals surface area contributed by atoms with Gasteiger partial charge in [0.05, 0.1) is 5.56 Å². The van der Waals surface area contributed by atoms with Crippen LogP contribution in [0.25, 0.3) is 0 Å². The molecule has 0 saturated carbocycles. The van der Waals surface area contributed by atoms with E-state index in [9.17, 15) is 18.0 Å². The number of aromatic nitrogens is 2. The van der Waals surface area contributed by atoms with Crippen molar-refractivity contribution in [2.45, 2.75) is 26.4 Å². The lowest BCUT2D eigenvalue weighted by molar-refractivity contribution is -0.137. The summed E-state index contributed by atoms with van der Waals surface area (Å²) in [5, 5.41) is 3.35. The second-order valence-electron chi connectivity index (χ2n) is 8.44. The lowest BCUT2D eigenvalue weighted by Crippen LogP contribution is -2.50. The van der Waals surface area contributed by atoms with Crippen LogP contribution in [-0.2, 0) is 12.6 Å². The Hall–Kier alpha value is -3.33. The van der Waals surface area contributed by atoms with Crippen molar-refractivity contribution in [3.63, 3.8) is 0 Å². The molecule has 0 bridgehead atoms. The first-order valence-electron chi connectivity index (χ1n) is 11.2. The molecule has 35 heavy (non-hydrogen) atoms. The minimum Gasteiger partial charge on any atom is -0.353 e. The Labute approximate surface area is 206 Å². The third-order valence-corrected chi connectivity index (χ3v) is 6.18. The van der Waals surface area contributed by atoms with Crippen LogP contribution in [0, 0.1) is 13.8 Å². The molecule has 6 nitrogen and oxygen atoms in total. The fourth-order valence-corrected chi connectivity index (χ4v) is 4.19. The lowest BCUT2D eigenvalue weighted by Gasteiger charge is -2.36. The number of rotatable bonds is 4. The van der Waals surface area contributed by atoms with Crippen molar-refractivity contribution in [2.75, 3.05) is 36.4 Å². The highest BCUT2D eigenvalue weighted by molar-refractivity contribution is 6.30. The van der Waals surface area contributed by atoms with Crippen LogP contribution in [0.2, 0.25) is 5.02 Å². The van der Waals surface area contributed by atoms with E-state index >= 15 is 0 Å². The van der Waals surface area contributed by atoms with Crippen molar-refractivity contribution >= 4 is 29.1 Å². The number of halogens is 4. The van der Waals surface area contributed by atoms with Crippen molar-refractivity contribution in [1.29, 1.82) is 0 Å². The van der Waals surface area contributed by atoms with Crippen LogP contribution < -0.4 is 10.2 Å². The van der Waals surface area contributed by atoms with E-state index in [2.05, 4.69) is 15.2 Å². The van der Waals surface area contributed by atoms with Crippen molar-refractivity contribution in [3.05, 3.63) is 81.8 Å². The van der Waals surface area contributed by atoms with E-state index in [-0.39, 0.29) is 6.03 Å². The fourth-order valence-electron chi connectivity index (χ4n) is 4.06. The minimum absolute atomic E-state index is 0.317.